The van der Waals surface area contributed by atoms with Crippen molar-refractivity contribution >= 4 is 11.6 Å². The Morgan fingerprint density at radius 1 is 1.24 bits per heavy atom. The number of hydrogen-bond donors (Lipinski definition) is 0. The summed E-state index contributed by atoms with van der Waals surface area (Å²) in [6.45, 7) is 3.08. The maximum atomic E-state index is 8.96. The second-order valence-electron chi connectivity index (χ2n) is 6.19. The number of nitriles is 1. The van der Waals surface area contributed by atoms with Crippen molar-refractivity contribution in [1.29, 1.82) is 5.26 Å². The van der Waals surface area contributed by atoms with Gasteiger partial charge in [0.25, 0.3) is 0 Å². The first-order valence-electron chi connectivity index (χ1n) is 8.29. The van der Waals surface area contributed by atoms with Gasteiger partial charge in [-0.15, -0.1) is 0 Å². The summed E-state index contributed by atoms with van der Waals surface area (Å²) in [4.78, 5) is 4.37. The molecule has 0 aliphatic carbocycles. The molecule has 25 heavy (non-hydrogen) atoms. The van der Waals surface area contributed by atoms with Crippen molar-refractivity contribution in [3.63, 3.8) is 0 Å². The minimum absolute atomic E-state index is 0.457. The molecule has 0 amide bonds. The van der Waals surface area contributed by atoms with Gasteiger partial charge in [0.05, 0.1) is 16.3 Å². The van der Waals surface area contributed by atoms with E-state index in [1.165, 1.54) is 0 Å². The number of rotatable bonds is 6. The molecule has 0 aliphatic heterocycles. The van der Waals surface area contributed by atoms with Crippen LogP contribution in [0.15, 0.2) is 54.9 Å². The fourth-order valence-electron chi connectivity index (χ4n) is 2.73. The van der Waals surface area contributed by atoms with Gasteiger partial charge >= 0.3 is 0 Å². The van der Waals surface area contributed by atoms with Gasteiger partial charge in [0.15, 0.2) is 0 Å². The van der Waals surface area contributed by atoms with Crippen LogP contribution >= 0.6 is 11.6 Å². The van der Waals surface area contributed by atoms with Crippen LogP contribution in [0.5, 0.6) is 0 Å². The van der Waals surface area contributed by atoms with Gasteiger partial charge in [-0.1, -0.05) is 30.7 Å². The van der Waals surface area contributed by atoms with Crippen molar-refractivity contribution in [2.24, 2.45) is 5.92 Å². The zero-order valence-electron chi connectivity index (χ0n) is 14.1. The normalized spacial score (nSPS) is 11.9. The van der Waals surface area contributed by atoms with E-state index in [0.29, 0.717) is 16.5 Å². The van der Waals surface area contributed by atoms with E-state index in [2.05, 4.69) is 29.1 Å². The van der Waals surface area contributed by atoms with Crippen LogP contribution in [0.25, 0.3) is 11.3 Å². The molecule has 126 valence electrons. The Balaban J connectivity index is 1.61. The number of benzene rings is 1. The largest absolute Gasteiger partial charge is 0.272 e. The Morgan fingerprint density at radius 3 is 2.84 bits per heavy atom. The lowest BCUT2D eigenvalue weighted by Crippen LogP contribution is -2.09. The topological polar surface area (TPSA) is 54.5 Å². The number of nitrogens with zero attached hydrogens (tertiary/aromatic N) is 4. The third kappa shape index (κ3) is 4.46. The van der Waals surface area contributed by atoms with E-state index < -0.39 is 0 Å². The highest BCUT2D eigenvalue weighted by molar-refractivity contribution is 6.32. The Hall–Kier alpha value is -2.64. The number of aromatic nitrogens is 3. The summed E-state index contributed by atoms with van der Waals surface area (Å²) >= 11 is 6.11. The van der Waals surface area contributed by atoms with E-state index >= 15 is 0 Å². The zero-order chi connectivity index (χ0) is 17.6. The van der Waals surface area contributed by atoms with Gasteiger partial charge in [0.2, 0.25) is 0 Å². The maximum absolute atomic E-state index is 8.96. The molecule has 0 radical (unpaired) electrons. The van der Waals surface area contributed by atoms with Gasteiger partial charge in [-0.2, -0.15) is 10.4 Å². The van der Waals surface area contributed by atoms with E-state index in [9.17, 15) is 0 Å². The van der Waals surface area contributed by atoms with Gasteiger partial charge in [0, 0.05) is 30.2 Å². The minimum Gasteiger partial charge on any atom is -0.272 e. The molecule has 4 nitrogen and oxygen atoms in total. The van der Waals surface area contributed by atoms with Gasteiger partial charge in [-0.25, -0.2) is 0 Å². The lowest BCUT2D eigenvalue weighted by Gasteiger charge is -2.11. The highest BCUT2D eigenvalue weighted by Gasteiger charge is 2.09. The van der Waals surface area contributed by atoms with Crippen LogP contribution < -0.4 is 0 Å². The molecule has 1 aromatic carbocycles. The van der Waals surface area contributed by atoms with Crippen molar-refractivity contribution < 1.29 is 0 Å². The maximum Gasteiger partial charge on any atom is 0.101 e. The van der Waals surface area contributed by atoms with E-state index in [0.717, 1.165) is 36.3 Å². The molecule has 0 N–H and O–H groups in total. The third-order valence-electron chi connectivity index (χ3n) is 4.14. The monoisotopic (exact) mass is 350 g/mol. The van der Waals surface area contributed by atoms with Crippen LogP contribution in [0.4, 0.5) is 0 Å². The number of hydrogen-bond acceptors (Lipinski definition) is 3. The lowest BCUT2D eigenvalue weighted by atomic mass is 10.0. The van der Waals surface area contributed by atoms with Crippen molar-refractivity contribution in [3.05, 3.63) is 71.1 Å². The van der Waals surface area contributed by atoms with Crippen LogP contribution in [0, 0.1) is 17.2 Å². The van der Waals surface area contributed by atoms with Gasteiger partial charge in [-0.05, 0) is 49.1 Å². The van der Waals surface area contributed by atoms with Crippen molar-refractivity contribution in [1.82, 2.24) is 14.8 Å². The second-order valence-corrected chi connectivity index (χ2v) is 6.60. The molecule has 3 rings (SSSR count). The van der Waals surface area contributed by atoms with Crippen LogP contribution in [0.1, 0.15) is 24.6 Å². The molecule has 0 bridgehead atoms. The standard InChI is InChI=1S/C20H19ClN4/c1-15(5-8-18-4-2-3-10-23-18)14-25-11-9-20(24-25)16-6-7-17(13-22)19(21)12-16/h2-4,6-7,9-12,15H,5,8,14H2,1H3/t15-/m1/s1. The smallest absolute Gasteiger partial charge is 0.101 e. The molecule has 0 aliphatic rings. The van der Waals surface area contributed by atoms with Crippen LogP contribution in [-0.4, -0.2) is 14.8 Å². The van der Waals surface area contributed by atoms with Gasteiger partial charge in [-0.3, -0.25) is 9.67 Å². The third-order valence-corrected chi connectivity index (χ3v) is 4.46. The first-order valence-corrected chi connectivity index (χ1v) is 8.67. The molecular weight excluding hydrogens is 332 g/mol. The molecule has 3 aromatic rings. The molecular formula is C20H19ClN4. The summed E-state index contributed by atoms with van der Waals surface area (Å²) in [5, 5.41) is 14.0. The van der Waals surface area contributed by atoms with E-state index in [1.54, 1.807) is 12.1 Å². The Morgan fingerprint density at radius 2 is 2.12 bits per heavy atom. The van der Waals surface area contributed by atoms with Crippen molar-refractivity contribution in [3.8, 4) is 17.3 Å². The van der Waals surface area contributed by atoms with Gasteiger partial charge < -0.3 is 0 Å². The van der Waals surface area contributed by atoms with E-state index in [4.69, 9.17) is 16.9 Å². The molecule has 2 heterocycles. The zero-order valence-corrected chi connectivity index (χ0v) is 14.8. The lowest BCUT2D eigenvalue weighted by molar-refractivity contribution is 0.423. The molecule has 0 spiro atoms. The number of aryl methyl sites for hydroxylation is 1. The quantitative estimate of drug-likeness (QED) is 0.645. The summed E-state index contributed by atoms with van der Waals surface area (Å²) in [6, 6.07) is 15.5. The highest BCUT2D eigenvalue weighted by Crippen LogP contribution is 2.24. The molecule has 0 fully saturated rings. The summed E-state index contributed by atoms with van der Waals surface area (Å²) in [7, 11) is 0. The van der Waals surface area contributed by atoms with E-state index in [1.807, 2.05) is 41.3 Å². The molecule has 2 aromatic heterocycles. The average Bonchev–Trinajstić information content (AvgIpc) is 3.09. The summed E-state index contributed by atoms with van der Waals surface area (Å²) in [6.07, 6.45) is 5.86. The molecule has 0 unspecified atom stereocenters. The SMILES string of the molecule is C[C@H](CCc1ccccn1)Cn1ccc(-c2ccc(C#N)c(Cl)c2)n1. The average molecular weight is 351 g/mol. The summed E-state index contributed by atoms with van der Waals surface area (Å²) < 4.78 is 1.96. The fourth-order valence-corrected chi connectivity index (χ4v) is 2.96. The predicted molar refractivity (Wildman–Crippen MR) is 99.1 cm³/mol. The Labute approximate surface area is 152 Å². The second kappa shape index (κ2) is 7.96. The summed E-state index contributed by atoms with van der Waals surface area (Å²) in [5.41, 5.74) is 3.39. The first kappa shape index (κ1) is 17.2. The highest BCUT2D eigenvalue weighted by atomic mass is 35.5. The Bertz CT molecular complexity index is 880. The van der Waals surface area contributed by atoms with Gasteiger partial charge in [0.1, 0.15) is 6.07 Å². The fraction of sp³-hybridized carbons (Fsp3) is 0.250. The molecule has 1 atom stereocenters. The Kier molecular flexibility index (Phi) is 5.47. The molecule has 0 saturated heterocycles. The number of halogens is 1. The predicted octanol–water partition coefficient (Wildman–Crippen LogP) is 4.74. The van der Waals surface area contributed by atoms with Crippen molar-refractivity contribution in [2.75, 3.05) is 0 Å². The first-order chi connectivity index (χ1) is 12.2. The van der Waals surface area contributed by atoms with Crippen LogP contribution in [-0.2, 0) is 13.0 Å². The molecule has 5 heteroatoms. The minimum atomic E-state index is 0.457. The molecule has 0 saturated carbocycles. The van der Waals surface area contributed by atoms with E-state index in [-0.39, 0.29) is 0 Å². The van der Waals surface area contributed by atoms with Crippen LogP contribution in [0.3, 0.4) is 0 Å². The number of pyridine rings is 1. The summed E-state index contributed by atoms with van der Waals surface area (Å²) in [5.74, 6) is 0.499. The van der Waals surface area contributed by atoms with Crippen molar-refractivity contribution in [2.45, 2.75) is 26.3 Å². The van der Waals surface area contributed by atoms with Crippen LogP contribution in [0.2, 0.25) is 5.02 Å².